The first-order valence-corrected chi connectivity index (χ1v) is 7.11. The maximum Gasteiger partial charge on any atom is 0.136 e. The summed E-state index contributed by atoms with van der Waals surface area (Å²) >= 11 is 3.51. The molecule has 0 atom stereocenters. The fourth-order valence-corrected chi connectivity index (χ4v) is 2.06. The molecule has 0 amide bonds. The van der Waals surface area contributed by atoms with Gasteiger partial charge in [0.05, 0.1) is 12.8 Å². The van der Waals surface area contributed by atoms with Gasteiger partial charge in [0, 0.05) is 30.1 Å². The maximum absolute atomic E-state index is 5.23. The van der Waals surface area contributed by atoms with Crippen LogP contribution in [0.15, 0.2) is 28.7 Å². The van der Waals surface area contributed by atoms with E-state index in [0.717, 1.165) is 39.8 Å². The zero-order valence-corrected chi connectivity index (χ0v) is 13.3. The summed E-state index contributed by atoms with van der Waals surface area (Å²) in [4.78, 5) is 8.84. The molecule has 0 fully saturated rings. The summed E-state index contributed by atoms with van der Waals surface area (Å²) in [5, 5.41) is 6.32. The van der Waals surface area contributed by atoms with Crippen molar-refractivity contribution in [2.24, 2.45) is 0 Å². The van der Waals surface area contributed by atoms with Gasteiger partial charge in [0.25, 0.3) is 0 Å². The fraction of sp³-hybridized carbons (Fsp3) is 0.286. The van der Waals surface area contributed by atoms with Crippen molar-refractivity contribution in [3.05, 3.63) is 34.6 Å². The summed E-state index contributed by atoms with van der Waals surface area (Å²) in [7, 11) is 3.49. The molecule has 2 rings (SSSR count). The molecule has 6 heteroatoms. The molecule has 1 aromatic carbocycles. The van der Waals surface area contributed by atoms with E-state index < -0.39 is 0 Å². The Morgan fingerprint density at radius 2 is 1.95 bits per heavy atom. The van der Waals surface area contributed by atoms with Gasteiger partial charge in [-0.15, -0.1) is 0 Å². The number of nitrogens with one attached hydrogen (secondary N) is 2. The molecule has 0 bridgehead atoms. The number of hydrogen-bond acceptors (Lipinski definition) is 5. The van der Waals surface area contributed by atoms with Crippen LogP contribution in [0.3, 0.4) is 0 Å². The van der Waals surface area contributed by atoms with Crippen LogP contribution in [0.2, 0.25) is 0 Å². The van der Waals surface area contributed by atoms with Gasteiger partial charge in [-0.1, -0.05) is 6.92 Å². The number of nitrogens with zero attached hydrogens (tertiary/aromatic N) is 2. The Hall–Kier alpha value is -1.82. The van der Waals surface area contributed by atoms with Crippen LogP contribution in [0.25, 0.3) is 0 Å². The third-order valence-electron chi connectivity index (χ3n) is 2.78. The van der Waals surface area contributed by atoms with Crippen LogP contribution in [-0.4, -0.2) is 24.1 Å². The quantitative estimate of drug-likeness (QED) is 0.873. The molecule has 20 heavy (non-hydrogen) atoms. The van der Waals surface area contributed by atoms with E-state index in [2.05, 4.69) is 36.5 Å². The lowest BCUT2D eigenvalue weighted by atomic mass is 10.3. The molecule has 2 aromatic rings. The number of hydrogen-bond donors (Lipinski definition) is 2. The molecular formula is C14H17BrN4O. The molecule has 0 saturated heterocycles. The van der Waals surface area contributed by atoms with Gasteiger partial charge in [-0.3, -0.25) is 0 Å². The highest BCUT2D eigenvalue weighted by Crippen LogP contribution is 2.29. The van der Waals surface area contributed by atoms with Crippen LogP contribution in [0, 0.1) is 0 Å². The number of halogens is 1. The monoisotopic (exact) mass is 336 g/mol. The smallest absolute Gasteiger partial charge is 0.136 e. The number of methoxy groups -OCH3 is 1. The van der Waals surface area contributed by atoms with Crippen molar-refractivity contribution in [3.8, 4) is 5.75 Å². The number of aryl methyl sites for hydroxylation is 1. The van der Waals surface area contributed by atoms with Crippen LogP contribution in [0.4, 0.5) is 17.3 Å². The fourth-order valence-electron chi connectivity index (χ4n) is 1.71. The first-order chi connectivity index (χ1) is 9.66. The highest BCUT2D eigenvalue weighted by Gasteiger charge is 2.06. The van der Waals surface area contributed by atoms with Crippen molar-refractivity contribution >= 4 is 33.3 Å². The summed E-state index contributed by atoms with van der Waals surface area (Å²) < 4.78 is 6.18. The van der Waals surface area contributed by atoms with Gasteiger partial charge in [0.1, 0.15) is 23.2 Å². The van der Waals surface area contributed by atoms with E-state index in [-0.39, 0.29) is 0 Å². The molecule has 0 aliphatic carbocycles. The molecule has 2 N–H and O–H groups in total. The zero-order chi connectivity index (χ0) is 14.5. The highest BCUT2D eigenvalue weighted by atomic mass is 79.9. The second-order valence-electron chi connectivity index (χ2n) is 4.13. The first kappa shape index (κ1) is 14.6. The van der Waals surface area contributed by atoms with Crippen molar-refractivity contribution in [3.63, 3.8) is 0 Å². The molecule has 1 aromatic heterocycles. The first-order valence-electron chi connectivity index (χ1n) is 6.32. The van der Waals surface area contributed by atoms with E-state index in [1.165, 1.54) is 0 Å². The average molecular weight is 337 g/mol. The van der Waals surface area contributed by atoms with E-state index >= 15 is 0 Å². The number of aromatic nitrogens is 2. The van der Waals surface area contributed by atoms with Gasteiger partial charge < -0.3 is 15.4 Å². The minimum Gasteiger partial charge on any atom is -0.497 e. The molecule has 106 valence electrons. The van der Waals surface area contributed by atoms with Gasteiger partial charge in [-0.05, 0) is 28.1 Å². The van der Waals surface area contributed by atoms with Gasteiger partial charge in [-0.25, -0.2) is 9.97 Å². The third kappa shape index (κ3) is 3.39. The van der Waals surface area contributed by atoms with Gasteiger partial charge in [0.2, 0.25) is 0 Å². The van der Waals surface area contributed by atoms with Crippen molar-refractivity contribution in [1.82, 2.24) is 9.97 Å². The summed E-state index contributed by atoms with van der Waals surface area (Å²) in [5.74, 6) is 3.11. The second kappa shape index (κ2) is 6.56. The predicted octanol–water partition coefficient (Wildman–Crippen LogP) is 3.60. The molecule has 0 aliphatic heterocycles. The largest absolute Gasteiger partial charge is 0.497 e. The molecular weight excluding hydrogens is 320 g/mol. The molecule has 5 nitrogen and oxygen atoms in total. The van der Waals surface area contributed by atoms with Crippen LogP contribution in [0.5, 0.6) is 5.75 Å². The minimum atomic E-state index is 0.746. The Morgan fingerprint density at radius 1 is 1.20 bits per heavy atom. The van der Waals surface area contributed by atoms with E-state index in [1.807, 2.05) is 38.2 Å². The number of benzene rings is 1. The lowest BCUT2D eigenvalue weighted by Crippen LogP contribution is -2.03. The van der Waals surface area contributed by atoms with Crippen LogP contribution < -0.4 is 15.4 Å². The Labute approximate surface area is 126 Å². The zero-order valence-electron chi connectivity index (χ0n) is 11.7. The average Bonchev–Trinajstić information content (AvgIpc) is 2.49. The predicted molar refractivity (Wildman–Crippen MR) is 84.9 cm³/mol. The highest BCUT2D eigenvalue weighted by molar-refractivity contribution is 9.10. The van der Waals surface area contributed by atoms with E-state index in [0.29, 0.717) is 0 Å². The summed E-state index contributed by atoms with van der Waals surface area (Å²) in [6.45, 7) is 2.03. The van der Waals surface area contributed by atoms with Crippen molar-refractivity contribution in [1.29, 1.82) is 0 Å². The number of ether oxygens (including phenoxy) is 1. The number of anilines is 3. The third-order valence-corrected chi connectivity index (χ3v) is 3.47. The van der Waals surface area contributed by atoms with Crippen molar-refractivity contribution < 1.29 is 4.74 Å². The lowest BCUT2D eigenvalue weighted by Gasteiger charge is -2.11. The summed E-state index contributed by atoms with van der Waals surface area (Å²) in [5.41, 5.74) is 0.896. The summed E-state index contributed by atoms with van der Waals surface area (Å²) in [6.07, 6.45) is 0.781. The molecule has 0 aliphatic rings. The topological polar surface area (TPSA) is 59.1 Å². The Morgan fingerprint density at radius 3 is 2.60 bits per heavy atom. The summed E-state index contributed by atoms with van der Waals surface area (Å²) in [6, 6.07) is 7.61. The Kier molecular flexibility index (Phi) is 4.79. The Bertz CT molecular complexity index is 581. The van der Waals surface area contributed by atoms with Gasteiger partial charge in [0.15, 0.2) is 0 Å². The lowest BCUT2D eigenvalue weighted by molar-refractivity contribution is 0.415. The number of rotatable bonds is 5. The van der Waals surface area contributed by atoms with E-state index in [9.17, 15) is 0 Å². The SMILES string of the molecule is CCc1nc(NC)cc(Nc2cc(OC)ccc2Br)n1. The minimum absolute atomic E-state index is 0.746. The second-order valence-corrected chi connectivity index (χ2v) is 4.98. The van der Waals surface area contributed by atoms with Crippen molar-refractivity contribution in [2.75, 3.05) is 24.8 Å². The molecule has 1 heterocycles. The normalized spacial score (nSPS) is 10.2. The van der Waals surface area contributed by atoms with Crippen molar-refractivity contribution in [2.45, 2.75) is 13.3 Å². The van der Waals surface area contributed by atoms with Gasteiger partial charge >= 0.3 is 0 Å². The van der Waals surface area contributed by atoms with Crippen LogP contribution in [-0.2, 0) is 6.42 Å². The van der Waals surface area contributed by atoms with E-state index in [4.69, 9.17) is 4.74 Å². The van der Waals surface area contributed by atoms with Crippen LogP contribution in [0.1, 0.15) is 12.7 Å². The molecule has 0 unspecified atom stereocenters. The Balaban J connectivity index is 2.33. The van der Waals surface area contributed by atoms with Gasteiger partial charge in [-0.2, -0.15) is 0 Å². The van der Waals surface area contributed by atoms with Crippen LogP contribution >= 0.6 is 15.9 Å². The molecule has 0 saturated carbocycles. The standard InChI is InChI=1S/C14H17BrN4O/c1-4-12-18-13(16-2)8-14(19-12)17-11-7-9(20-3)5-6-10(11)15/h5-8H,4H2,1-3H3,(H2,16,17,18,19). The molecule has 0 radical (unpaired) electrons. The van der Waals surface area contributed by atoms with E-state index in [1.54, 1.807) is 7.11 Å². The maximum atomic E-state index is 5.23. The molecule has 0 spiro atoms.